The molecule has 26 heavy (non-hydrogen) atoms. The number of hydrogen-bond donors (Lipinski definition) is 1. The summed E-state index contributed by atoms with van der Waals surface area (Å²) in [7, 11) is 0. The Kier molecular flexibility index (Phi) is 4.97. The largest absolute Gasteiger partial charge is 0.353 e. The van der Waals surface area contributed by atoms with Gasteiger partial charge >= 0.3 is 0 Å². The van der Waals surface area contributed by atoms with Crippen molar-refractivity contribution in [2.75, 3.05) is 5.75 Å². The topological polar surface area (TPSA) is 72.7 Å². The number of carbonyl (C=O) groups excluding carboxylic acids is 1. The minimum absolute atomic E-state index is 0.0474. The fourth-order valence-corrected chi connectivity index (χ4v) is 3.36. The molecule has 1 fully saturated rings. The molecule has 0 radical (unpaired) electrons. The number of rotatable bonds is 7. The van der Waals surface area contributed by atoms with E-state index >= 15 is 0 Å². The van der Waals surface area contributed by atoms with Gasteiger partial charge in [-0.1, -0.05) is 48.2 Å². The Balaban J connectivity index is 1.58. The minimum atomic E-state index is 0.0474. The zero-order valence-electron chi connectivity index (χ0n) is 14.2. The third-order valence-corrected chi connectivity index (χ3v) is 5.04. The van der Waals surface area contributed by atoms with Gasteiger partial charge in [0.15, 0.2) is 11.0 Å². The van der Waals surface area contributed by atoms with E-state index in [4.69, 9.17) is 0 Å². The Morgan fingerprint density at radius 3 is 2.65 bits per heavy atom. The second-order valence-electron chi connectivity index (χ2n) is 6.22. The Morgan fingerprint density at radius 2 is 1.92 bits per heavy atom. The lowest BCUT2D eigenvalue weighted by atomic mass is 10.2. The smallest absolute Gasteiger partial charge is 0.230 e. The summed E-state index contributed by atoms with van der Waals surface area (Å²) in [5.74, 6) is 1.09. The molecule has 1 saturated carbocycles. The van der Waals surface area contributed by atoms with Crippen molar-refractivity contribution in [1.82, 2.24) is 25.1 Å². The maximum absolute atomic E-state index is 12.0. The Morgan fingerprint density at radius 1 is 1.12 bits per heavy atom. The number of aromatic nitrogens is 4. The summed E-state index contributed by atoms with van der Waals surface area (Å²) < 4.78 is 2.02. The number of carbonyl (C=O) groups is 1. The van der Waals surface area contributed by atoms with Crippen LogP contribution in [0.25, 0.3) is 11.5 Å². The van der Waals surface area contributed by atoms with Gasteiger partial charge in [-0.15, -0.1) is 10.2 Å². The average molecular weight is 365 g/mol. The summed E-state index contributed by atoms with van der Waals surface area (Å²) in [6, 6.07) is 16.2. The SMILES string of the molecule is O=C(CSc1nnc(-c2ccccn2)n1Cc1ccccc1)NC1CC1. The van der Waals surface area contributed by atoms with E-state index in [1.54, 1.807) is 6.20 Å². The second kappa shape index (κ2) is 7.70. The maximum Gasteiger partial charge on any atom is 0.230 e. The molecule has 0 unspecified atom stereocenters. The maximum atomic E-state index is 12.0. The fraction of sp³-hybridized carbons (Fsp3) is 0.263. The molecule has 0 aliphatic heterocycles. The van der Waals surface area contributed by atoms with Crippen LogP contribution in [-0.4, -0.2) is 37.5 Å². The molecule has 1 amide bonds. The van der Waals surface area contributed by atoms with Crippen molar-refractivity contribution in [2.45, 2.75) is 30.6 Å². The van der Waals surface area contributed by atoms with Crippen molar-refractivity contribution in [1.29, 1.82) is 0 Å². The lowest BCUT2D eigenvalue weighted by Gasteiger charge is -2.10. The van der Waals surface area contributed by atoms with E-state index in [0.717, 1.165) is 29.3 Å². The molecule has 1 aliphatic rings. The highest BCUT2D eigenvalue weighted by molar-refractivity contribution is 7.99. The molecule has 132 valence electrons. The predicted octanol–water partition coefficient (Wildman–Crippen LogP) is 2.76. The van der Waals surface area contributed by atoms with Gasteiger partial charge in [0.25, 0.3) is 0 Å². The second-order valence-corrected chi connectivity index (χ2v) is 7.17. The van der Waals surface area contributed by atoms with Gasteiger partial charge in [-0.05, 0) is 30.5 Å². The van der Waals surface area contributed by atoms with E-state index in [-0.39, 0.29) is 5.91 Å². The van der Waals surface area contributed by atoms with Crippen molar-refractivity contribution < 1.29 is 4.79 Å². The molecule has 7 heteroatoms. The highest BCUT2D eigenvalue weighted by Crippen LogP contribution is 2.24. The van der Waals surface area contributed by atoms with E-state index in [2.05, 4.69) is 32.6 Å². The van der Waals surface area contributed by atoms with Crippen LogP contribution in [0.15, 0.2) is 59.9 Å². The molecular weight excluding hydrogens is 346 g/mol. The zero-order valence-corrected chi connectivity index (χ0v) is 15.0. The van der Waals surface area contributed by atoms with Crippen LogP contribution < -0.4 is 5.32 Å². The highest BCUT2D eigenvalue weighted by atomic mass is 32.2. The number of nitrogens with one attached hydrogen (secondary N) is 1. The van der Waals surface area contributed by atoms with Crippen LogP contribution in [-0.2, 0) is 11.3 Å². The van der Waals surface area contributed by atoms with Gasteiger partial charge in [0.1, 0.15) is 5.69 Å². The lowest BCUT2D eigenvalue weighted by molar-refractivity contribution is -0.118. The van der Waals surface area contributed by atoms with E-state index in [0.29, 0.717) is 24.2 Å². The summed E-state index contributed by atoms with van der Waals surface area (Å²) in [4.78, 5) is 16.4. The Hall–Kier alpha value is -2.67. The highest BCUT2D eigenvalue weighted by Gasteiger charge is 2.24. The fourth-order valence-electron chi connectivity index (χ4n) is 2.62. The van der Waals surface area contributed by atoms with Gasteiger partial charge in [0, 0.05) is 12.2 Å². The minimum Gasteiger partial charge on any atom is -0.353 e. The van der Waals surface area contributed by atoms with Crippen molar-refractivity contribution in [2.24, 2.45) is 0 Å². The van der Waals surface area contributed by atoms with Crippen molar-refractivity contribution in [3.63, 3.8) is 0 Å². The monoisotopic (exact) mass is 365 g/mol. The molecule has 6 nitrogen and oxygen atoms in total. The number of benzene rings is 1. The number of amides is 1. The molecule has 2 aromatic heterocycles. The number of thioether (sulfide) groups is 1. The van der Waals surface area contributed by atoms with Gasteiger partial charge in [0.05, 0.1) is 12.3 Å². The Bertz CT molecular complexity index is 877. The first kappa shape index (κ1) is 16.8. The molecule has 0 atom stereocenters. The van der Waals surface area contributed by atoms with Crippen LogP contribution in [0.3, 0.4) is 0 Å². The zero-order chi connectivity index (χ0) is 17.8. The summed E-state index contributed by atoms with van der Waals surface area (Å²) in [5, 5.41) is 12.4. The summed E-state index contributed by atoms with van der Waals surface area (Å²) >= 11 is 1.41. The molecule has 0 bridgehead atoms. The molecule has 0 saturated heterocycles. The van der Waals surface area contributed by atoms with Crippen molar-refractivity contribution >= 4 is 17.7 Å². The summed E-state index contributed by atoms with van der Waals surface area (Å²) in [6.45, 7) is 0.631. The first-order chi connectivity index (χ1) is 12.8. The molecule has 1 N–H and O–H groups in total. The predicted molar refractivity (Wildman–Crippen MR) is 101 cm³/mol. The van der Waals surface area contributed by atoms with Crippen LogP contribution in [0.4, 0.5) is 0 Å². The quantitative estimate of drug-likeness (QED) is 0.652. The van der Waals surface area contributed by atoms with Crippen molar-refractivity contribution in [3.8, 4) is 11.5 Å². The summed E-state index contributed by atoms with van der Waals surface area (Å²) in [6.07, 6.45) is 3.92. The molecule has 0 spiro atoms. The molecule has 1 aliphatic carbocycles. The van der Waals surface area contributed by atoms with Gasteiger partial charge in [0.2, 0.25) is 5.91 Å². The van der Waals surface area contributed by atoms with Gasteiger partial charge in [-0.3, -0.25) is 14.3 Å². The molecule has 2 heterocycles. The van der Waals surface area contributed by atoms with Crippen molar-refractivity contribution in [3.05, 3.63) is 60.3 Å². The van der Waals surface area contributed by atoms with Gasteiger partial charge < -0.3 is 5.32 Å². The molecule has 3 aromatic rings. The van der Waals surface area contributed by atoms with Crippen LogP contribution in [0.5, 0.6) is 0 Å². The van der Waals surface area contributed by atoms with E-state index < -0.39 is 0 Å². The van der Waals surface area contributed by atoms with E-state index in [9.17, 15) is 4.79 Å². The third-order valence-electron chi connectivity index (χ3n) is 4.07. The van der Waals surface area contributed by atoms with Crippen LogP contribution in [0, 0.1) is 0 Å². The number of pyridine rings is 1. The molecule has 1 aromatic carbocycles. The van der Waals surface area contributed by atoms with Crippen LogP contribution in [0.1, 0.15) is 18.4 Å². The number of hydrogen-bond acceptors (Lipinski definition) is 5. The third kappa shape index (κ3) is 4.11. The first-order valence-electron chi connectivity index (χ1n) is 8.60. The van der Waals surface area contributed by atoms with Gasteiger partial charge in [-0.25, -0.2) is 0 Å². The Labute approximate surface area is 156 Å². The van der Waals surface area contributed by atoms with E-state index in [1.165, 1.54) is 11.8 Å². The lowest BCUT2D eigenvalue weighted by Crippen LogP contribution is -2.27. The average Bonchev–Trinajstić information content (AvgIpc) is 3.40. The van der Waals surface area contributed by atoms with E-state index in [1.807, 2.05) is 41.0 Å². The summed E-state index contributed by atoms with van der Waals surface area (Å²) in [5.41, 5.74) is 1.92. The molecular formula is C19H19N5OS. The van der Waals surface area contributed by atoms with Crippen LogP contribution >= 0.6 is 11.8 Å². The normalized spacial score (nSPS) is 13.5. The standard InChI is InChI=1S/C19H19N5OS/c25-17(21-15-9-10-15)13-26-19-23-22-18(16-8-4-5-11-20-16)24(19)12-14-6-2-1-3-7-14/h1-8,11,15H,9-10,12-13H2,(H,21,25). The number of nitrogens with zero attached hydrogens (tertiary/aromatic N) is 4. The first-order valence-corrected chi connectivity index (χ1v) is 9.59. The van der Waals surface area contributed by atoms with Gasteiger partial charge in [-0.2, -0.15) is 0 Å². The molecule has 4 rings (SSSR count). The van der Waals surface area contributed by atoms with Crippen LogP contribution in [0.2, 0.25) is 0 Å².